The zero-order valence-electron chi connectivity index (χ0n) is 10.4. The van der Waals surface area contributed by atoms with E-state index in [4.69, 9.17) is 4.98 Å². The number of aryl methyl sites for hydroxylation is 1. The minimum Gasteiger partial charge on any atom is -0.252 e. The van der Waals surface area contributed by atoms with Crippen LogP contribution in [0, 0.1) is 0 Å². The first-order valence-corrected chi connectivity index (χ1v) is 6.34. The van der Waals surface area contributed by atoms with E-state index in [0.717, 1.165) is 18.4 Å². The molecule has 0 atom stereocenters. The lowest BCUT2D eigenvalue weighted by molar-refractivity contribution is 0.867. The zero-order valence-corrected chi connectivity index (χ0v) is 10.4. The van der Waals surface area contributed by atoms with Crippen LogP contribution in [0.15, 0.2) is 30.3 Å². The first-order chi connectivity index (χ1) is 8.24. The quantitative estimate of drug-likeness (QED) is 0.701. The lowest BCUT2D eigenvalue weighted by atomic mass is 9.98. The number of aromatic nitrogens is 1. The van der Waals surface area contributed by atoms with Gasteiger partial charge in [0.25, 0.3) is 0 Å². The summed E-state index contributed by atoms with van der Waals surface area (Å²) in [6.07, 6.45) is 6.63. The Hall–Kier alpha value is -1.63. The third kappa shape index (κ3) is 1.86. The van der Waals surface area contributed by atoms with Crippen LogP contribution in [0.25, 0.3) is 17.0 Å². The number of allylic oxidation sites excluding steroid dienone is 1. The Morgan fingerprint density at radius 2 is 2.06 bits per heavy atom. The van der Waals surface area contributed by atoms with Crippen LogP contribution < -0.4 is 0 Å². The second-order valence-electron chi connectivity index (χ2n) is 5.07. The number of nitrogens with zero attached hydrogens (tertiary/aromatic N) is 1. The number of benzene rings is 1. The number of rotatable bonds is 1. The Morgan fingerprint density at radius 3 is 2.88 bits per heavy atom. The maximum absolute atomic E-state index is 4.81. The van der Waals surface area contributed by atoms with E-state index in [2.05, 4.69) is 50.3 Å². The molecule has 86 valence electrons. The van der Waals surface area contributed by atoms with Crippen LogP contribution in [-0.2, 0) is 6.42 Å². The summed E-state index contributed by atoms with van der Waals surface area (Å²) < 4.78 is 0. The summed E-state index contributed by atoms with van der Waals surface area (Å²) in [5, 5.41) is 1.25. The van der Waals surface area contributed by atoms with Crippen molar-refractivity contribution >= 4 is 17.0 Å². The van der Waals surface area contributed by atoms with Crippen molar-refractivity contribution in [1.29, 1.82) is 0 Å². The molecular formula is C16H17N. The standard InChI is InChI=1S/C16H17N/c1-11(2)12-7-8-14-9-13-5-3-4-6-15(13)17-16(14)10-12/h3,5,7-11H,4,6H2,1-2H3. The predicted molar refractivity (Wildman–Crippen MR) is 73.2 cm³/mol. The average Bonchev–Trinajstić information content (AvgIpc) is 2.35. The van der Waals surface area contributed by atoms with Gasteiger partial charge in [0.15, 0.2) is 0 Å². The fourth-order valence-corrected chi connectivity index (χ4v) is 2.37. The fourth-order valence-electron chi connectivity index (χ4n) is 2.37. The molecule has 0 amide bonds. The van der Waals surface area contributed by atoms with Gasteiger partial charge in [-0.1, -0.05) is 38.1 Å². The van der Waals surface area contributed by atoms with E-state index in [-0.39, 0.29) is 0 Å². The molecule has 0 unspecified atom stereocenters. The molecule has 1 aliphatic rings. The Kier molecular flexibility index (Phi) is 2.47. The molecular weight excluding hydrogens is 206 g/mol. The van der Waals surface area contributed by atoms with Gasteiger partial charge in [0.05, 0.1) is 5.52 Å². The molecule has 3 rings (SSSR count). The van der Waals surface area contributed by atoms with E-state index in [1.165, 1.54) is 22.2 Å². The Balaban J connectivity index is 2.21. The van der Waals surface area contributed by atoms with E-state index in [9.17, 15) is 0 Å². The second-order valence-corrected chi connectivity index (χ2v) is 5.07. The van der Waals surface area contributed by atoms with Crippen LogP contribution in [0.5, 0.6) is 0 Å². The smallest absolute Gasteiger partial charge is 0.0708 e. The number of hydrogen-bond acceptors (Lipinski definition) is 1. The first kappa shape index (κ1) is 10.5. The molecule has 0 N–H and O–H groups in total. The number of fused-ring (bicyclic) bond motifs is 2. The van der Waals surface area contributed by atoms with Crippen molar-refractivity contribution in [3.05, 3.63) is 47.2 Å². The predicted octanol–water partition coefficient (Wildman–Crippen LogP) is 4.32. The van der Waals surface area contributed by atoms with E-state index in [1.807, 2.05) is 0 Å². The summed E-state index contributed by atoms with van der Waals surface area (Å²) in [7, 11) is 0. The first-order valence-electron chi connectivity index (χ1n) is 6.34. The zero-order chi connectivity index (χ0) is 11.8. The van der Waals surface area contributed by atoms with E-state index >= 15 is 0 Å². The summed E-state index contributed by atoms with van der Waals surface area (Å²) >= 11 is 0. The van der Waals surface area contributed by atoms with Crippen LogP contribution >= 0.6 is 0 Å². The van der Waals surface area contributed by atoms with E-state index in [0.29, 0.717) is 5.92 Å². The molecule has 0 fully saturated rings. The third-order valence-corrected chi connectivity index (χ3v) is 3.47. The van der Waals surface area contributed by atoms with Crippen molar-refractivity contribution in [3.8, 4) is 0 Å². The summed E-state index contributed by atoms with van der Waals surface area (Å²) in [5.74, 6) is 0.567. The van der Waals surface area contributed by atoms with Gasteiger partial charge in [0.1, 0.15) is 0 Å². The second kappa shape index (κ2) is 3.99. The van der Waals surface area contributed by atoms with E-state index in [1.54, 1.807) is 0 Å². The van der Waals surface area contributed by atoms with Crippen molar-refractivity contribution in [2.75, 3.05) is 0 Å². The van der Waals surface area contributed by atoms with Crippen molar-refractivity contribution in [3.63, 3.8) is 0 Å². The lowest BCUT2D eigenvalue weighted by Gasteiger charge is -2.12. The fraction of sp³-hybridized carbons (Fsp3) is 0.312. The molecule has 0 saturated heterocycles. The van der Waals surface area contributed by atoms with Crippen LogP contribution in [0.2, 0.25) is 0 Å². The summed E-state index contributed by atoms with van der Waals surface area (Å²) in [4.78, 5) is 4.81. The maximum Gasteiger partial charge on any atom is 0.0708 e. The van der Waals surface area contributed by atoms with Crippen LogP contribution in [-0.4, -0.2) is 4.98 Å². The van der Waals surface area contributed by atoms with Crippen molar-refractivity contribution in [1.82, 2.24) is 4.98 Å². The molecule has 1 heterocycles. The summed E-state index contributed by atoms with van der Waals surface area (Å²) in [6.45, 7) is 4.45. The maximum atomic E-state index is 4.81. The monoisotopic (exact) mass is 223 g/mol. The topological polar surface area (TPSA) is 12.9 Å². The summed E-state index contributed by atoms with van der Waals surface area (Å²) in [5.41, 5.74) is 5.06. The third-order valence-electron chi connectivity index (χ3n) is 3.47. The van der Waals surface area contributed by atoms with Gasteiger partial charge < -0.3 is 0 Å². The molecule has 1 heteroatoms. The minimum atomic E-state index is 0.567. The van der Waals surface area contributed by atoms with E-state index < -0.39 is 0 Å². The molecule has 1 aliphatic carbocycles. The molecule has 17 heavy (non-hydrogen) atoms. The van der Waals surface area contributed by atoms with Gasteiger partial charge in [-0.3, -0.25) is 4.98 Å². The number of pyridine rings is 1. The molecule has 1 nitrogen and oxygen atoms in total. The molecule has 2 aromatic rings. The SMILES string of the molecule is CC(C)c1ccc2cc3c(nc2c1)CCC=C3. The highest BCUT2D eigenvalue weighted by molar-refractivity contribution is 5.82. The van der Waals surface area contributed by atoms with Crippen LogP contribution in [0.4, 0.5) is 0 Å². The Morgan fingerprint density at radius 1 is 1.18 bits per heavy atom. The molecule has 0 bridgehead atoms. The largest absolute Gasteiger partial charge is 0.252 e. The Labute approximate surface area is 102 Å². The van der Waals surface area contributed by atoms with Crippen LogP contribution in [0.3, 0.4) is 0 Å². The highest BCUT2D eigenvalue weighted by atomic mass is 14.7. The normalized spacial score (nSPS) is 14.3. The van der Waals surface area contributed by atoms with Crippen molar-refractivity contribution < 1.29 is 0 Å². The average molecular weight is 223 g/mol. The lowest BCUT2D eigenvalue weighted by Crippen LogP contribution is -1.99. The highest BCUT2D eigenvalue weighted by Gasteiger charge is 2.08. The van der Waals surface area contributed by atoms with Gasteiger partial charge in [-0.05, 0) is 42.0 Å². The van der Waals surface area contributed by atoms with Gasteiger partial charge in [0.2, 0.25) is 0 Å². The highest BCUT2D eigenvalue weighted by Crippen LogP contribution is 2.25. The minimum absolute atomic E-state index is 0.567. The van der Waals surface area contributed by atoms with Crippen molar-refractivity contribution in [2.24, 2.45) is 0 Å². The van der Waals surface area contributed by atoms with Gasteiger partial charge in [-0.25, -0.2) is 0 Å². The molecule has 1 aromatic carbocycles. The van der Waals surface area contributed by atoms with Crippen molar-refractivity contribution in [2.45, 2.75) is 32.6 Å². The molecule has 0 spiro atoms. The number of hydrogen-bond donors (Lipinski definition) is 0. The molecule has 1 aromatic heterocycles. The molecule has 0 aliphatic heterocycles. The molecule has 0 radical (unpaired) electrons. The van der Waals surface area contributed by atoms with Gasteiger partial charge >= 0.3 is 0 Å². The molecule has 0 saturated carbocycles. The Bertz CT molecular complexity index is 594. The van der Waals surface area contributed by atoms with Gasteiger partial charge in [0, 0.05) is 11.1 Å². The summed E-state index contributed by atoms with van der Waals surface area (Å²) in [6, 6.07) is 8.91. The van der Waals surface area contributed by atoms with Gasteiger partial charge in [-0.15, -0.1) is 0 Å². The van der Waals surface area contributed by atoms with Crippen LogP contribution in [0.1, 0.15) is 43.0 Å². The van der Waals surface area contributed by atoms with Gasteiger partial charge in [-0.2, -0.15) is 0 Å².